The lowest BCUT2D eigenvalue weighted by molar-refractivity contribution is 0.154. The molecule has 4 heterocycles. The third kappa shape index (κ3) is 1.74. The Balaban J connectivity index is 1.65. The van der Waals surface area contributed by atoms with Crippen molar-refractivity contribution in [2.75, 3.05) is 23.9 Å². The Morgan fingerprint density at radius 3 is 2.07 bits per heavy atom. The van der Waals surface area contributed by atoms with Crippen LogP contribution in [0.3, 0.4) is 0 Å². The number of fused-ring (bicyclic) bond motifs is 7. The van der Waals surface area contributed by atoms with Gasteiger partial charge in [0.1, 0.15) is 11.2 Å². The van der Waals surface area contributed by atoms with Crippen LogP contribution in [0.15, 0.2) is 65.9 Å². The monoisotopic (exact) mass is 367 g/mol. The summed E-state index contributed by atoms with van der Waals surface area (Å²) in [5.74, 6) is -0.0902. The number of anilines is 2. The van der Waals surface area contributed by atoms with Crippen LogP contribution in [0, 0.1) is 0 Å². The minimum atomic E-state index is -0.824. The van der Waals surface area contributed by atoms with Crippen LogP contribution in [0.5, 0.6) is 5.75 Å². The summed E-state index contributed by atoms with van der Waals surface area (Å²) in [4.78, 5) is 18.3. The molecule has 2 aromatic carbocycles. The molecular weight excluding hydrogens is 350 g/mol. The zero-order valence-corrected chi connectivity index (χ0v) is 15.5. The van der Waals surface area contributed by atoms with E-state index in [0.29, 0.717) is 0 Å². The Kier molecular flexibility index (Phi) is 2.86. The third-order valence-electron chi connectivity index (χ3n) is 5.73. The number of aliphatic imine (C=N–C) groups is 1. The first-order chi connectivity index (χ1) is 13.7. The number of benzene rings is 2. The summed E-state index contributed by atoms with van der Waals surface area (Å²) < 4.78 is 6.74. The molecule has 2 aliphatic rings. The number of ether oxygens (including phenoxy) is 1. The summed E-state index contributed by atoms with van der Waals surface area (Å²) in [5, 5.41) is 1.85. The fourth-order valence-electron chi connectivity index (χ4n) is 4.28. The predicted octanol–water partition coefficient (Wildman–Crippen LogP) is 4.12. The SMILES string of the molecule is CN1c2ccccc2N(C)C12C=Nc1c(c3cccnc3c3ncccc13)O2. The molecule has 1 spiro atoms. The zero-order valence-electron chi connectivity index (χ0n) is 15.5. The first-order valence-corrected chi connectivity index (χ1v) is 9.17. The van der Waals surface area contributed by atoms with Crippen LogP contribution >= 0.6 is 0 Å². The molecule has 0 saturated heterocycles. The van der Waals surface area contributed by atoms with Gasteiger partial charge < -0.3 is 14.5 Å². The van der Waals surface area contributed by atoms with Crippen molar-refractivity contribution in [3.63, 3.8) is 0 Å². The minimum absolute atomic E-state index is 0.734. The van der Waals surface area contributed by atoms with Gasteiger partial charge in [0.25, 0.3) is 0 Å². The summed E-state index contributed by atoms with van der Waals surface area (Å²) in [6.45, 7) is 0. The zero-order chi connectivity index (χ0) is 18.9. The van der Waals surface area contributed by atoms with Crippen molar-refractivity contribution in [3.05, 3.63) is 60.9 Å². The van der Waals surface area contributed by atoms with Gasteiger partial charge in [-0.1, -0.05) is 12.1 Å². The second kappa shape index (κ2) is 5.19. The second-order valence-corrected chi connectivity index (χ2v) is 7.10. The first-order valence-electron chi connectivity index (χ1n) is 9.17. The molecule has 0 amide bonds. The second-order valence-electron chi connectivity index (χ2n) is 7.10. The molecule has 0 saturated carbocycles. The van der Waals surface area contributed by atoms with E-state index in [1.807, 2.05) is 56.7 Å². The summed E-state index contributed by atoms with van der Waals surface area (Å²) in [6.07, 6.45) is 5.45. The van der Waals surface area contributed by atoms with E-state index in [9.17, 15) is 0 Å². The van der Waals surface area contributed by atoms with Gasteiger partial charge in [0.2, 0.25) is 0 Å². The molecular formula is C22H17N5O. The molecule has 136 valence electrons. The average Bonchev–Trinajstić information content (AvgIpc) is 2.96. The largest absolute Gasteiger partial charge is 0.442 e. The lowest BCUT2D eigenvalue weighted by atomic mass is 10.1. The fraction of sp³-hybridized carbons (Fsp3) is 0.136. The molecule has 28 heavy (non-hydrogen) atoms. The third-order valence-corrected chi connectivity index (χ3v) is 5.73. The molecule has 6 nitrogen and oxygen atoms in total. The smallest absolute Gasteiger partial charge is 0.302 e. The van der Waals surface area contributed by atoms with Crippen LogP contribution in [-0.2, 0) is 0 Å². The summed E-state index contributed by atoms with van der Waals surface area (Å²) in [5.41, 5.74) is 4.66. The highest BCUT2D eigenvalue weighted by Crippen LogP contribution is 2.50. The van der Waals surface area contributed by atoms with Crippen LogP contribution in [-0.4, -0.2) is 36.1 Å². The quantitative estimate of drug-likeness (QED) is 0.438. The highest BCUT2D eigenvalue weighted by Gasteiger charge is 2.50. The van der Waals surface area contributed by atoms with Gasteiger partial charge in [-0.3, -0.25) is 9.97 Å². The van der Waals surface area contributed by atoms with E-state index in [1.165, 1.54) is 0 Å². The highest BCUT2D eigenvalue weighted by molar-refractivity contribution is 6.14. The fourth-order valence-corrected chi connectivity index (χ4v) is 4.28. The highest BCUT2D eigenvalue weighted by atomic mass is 16.5. The summed E-state index contributed by atoms with van der Waals surface area (Å²) >= 11 is 0. The number of pyridine rings is 2. The topological polar surface area (TPSA) is 53.9 Å². The number of hydrogen-bond acceptors (Lipinski definition) is 6. The van der Waals surface area contributed by atoms with E-state index in [4.69, 9.17) is 9.73 Å². The molecule has 2 aliphatic heterocycles. The maximum absolute atomic E-state index is 6.74. The molecule has 4 aromatic rings. The van der Waals surface area contributed by atoms with E-state index in [2.05, 4.69) is 31.9 Å². The minimum Gasteiger partial charge on any atom is -0.442 e. The predicted molar refractivity (Wildman–Crippen MR) is 112 cm³/mol. The van der Waals surface area contributed by atoms with Crippen molar-refractivity contribution >= 4 is 45.1 Å². The molecule has 0 bridgehead atoms. The van der Waals surface area contributed by atoms with Crippen LogP contribution < -0.4 is 14.5 Å². The van der Waals surface area contributed by atoms with E-state index in [0.717, 1.165) is 44.6 Å². The van der Waals surface area contributed by atoms with Gasteiger partial charge in [-0.25, -0.2) is 4.99 Å². The van der Waals surface area contributed by atoms with Crippen molar-refractivity contribution in [3.8, 4) is 5.75 Å². The molecule has 0 N–H and O–H groups in total. The van der Waals surface area contributed by atoms with Crippen LogP contribution in [0.25, 0.3) is 21.8 Å². The Bertz CT molecular complexity index is 1270. The lowest BCUT2D eigenvalue weighted by Crippen LogP contribution is -2.61. The van der Waals surface area contributed by atoms with Crippen molar-refractivity contribution in [2.45, 2.75) is 5.85 Å². The molecule has 0 fully saturated rings. The van der Waals surface area contributed by atoms with Crippen molar-refractivity contribution in [2.24, 2.45) is 4.99 Å². The van der Waals surface area contributed by atoms with Crippen LogP contribution in [0.2, 0.25) is 0 Å². The average molecular weight is 367 g/mol. The van der Waals surface area contributed by atoms with Gasteiger partial charge in [0, 0.05) is 37.3 Å². The number of para-hydroxylation sites is 2. The molecule has 2 aromatic heterocycles. The number of aromatic nitrogens is 2. The maximum Gasteiger partial charge on any atom is 0.302 e. The van der Waals surface area contributed by atoms with E-state index in [1.54, 1.807) is 12.4 Å². The molecule has 0 atom stereocenters. The van der Waals surface area contributed by atoms with Crippen molar-refractivity contribution in [1.82, 2.24) is 9.97 Å². The first kappa shape index (κ1) is 15.4. The van der Waals surface area contributed by atoms with Gasteiger partial charge >= 0.3 is 5.85 Å². The normalized spacial score (nSPS) is 16.5. The van der Waals surface area contributed by atoms with E-state index < -0.39 is 5.85 Å². The van der Waals surface area contributed by atoms with Gasteiger partial charge in [-0.15, -0.1) is 0 Å². The number of nitrogens with zero attached hydrogens (tertiary/aromatic N) is 5. The molecule has 0 aliphatic carbocycles. The Hall–Kier alpha value is -3.67. The van der Waals surface area contributed by atoms with Gasteiger partial charge in [0.05, 0.1) is 23.1 Å². The summed E-state index contributed by atoms with van der Waals surface area (Å²) in [7, 11) is 4.06. The van der Waals surface area contributed by atoms with Gasteiger partial charge in [-0.2, -0.15) is 0 Å². The number of hydrogen-bond donors (Lipinski definition) is 0. The van der Waals surface area contributed by atoms with Crippen molar-refractivity contribution in [1.29, 1.82) is 0 Å². The number of rotatable bonds is 0. The van der Waals surface area contributed by atoms with Crippen molar-refractivity contribution < 1.29 is 4.74 Å². The van der Waals surface area contributed by atoms with Gasteiger partial charge in [0.15, 0.2) is 5.75 Å². The Morgan fingerprint density at radius 1 is 0.786 bits per heavy atom. The van der Waals surface area contributed by atoms with E-state index in [-0.39, 0.29) is 0 Å². The molecule has 6 rings (SSSR count). The molecule has 6 heteroatoms. The van der Waals surface area contributed by atoms with Crippen LogP contribution in [0.4, 0.5) is 17.1 Å². The molecule has 0 radical (unpaired) electrons. The van der Waals surface area contributed by atoms with Gasteiger partial charge in [-0.05, 0) is 36.4 Å². The maximum atomic E-state index is 6.74. The van der Waals surface area contributed by atoms with Crippen LogP contribution in [0.1, 0.15) is 0 Å². The van der Waals surface area contributed by atoms with E-state index >= 15 is 0 Å². The standard InChI is InChI=1S/C22H17N5O/c1-26-16-9-3-4-10-17(16)27(2)22(26)13-25-20-14-7-5-11-23-18(14)19-15(21(20)28-22)8-6-12-24-19/h3-13H,1-2H3. The Labute approximate surface area is 161 Å². The lowest BCUT2D eigenvalue weighted by Gasteiger charge is -2.41. The Morgan fingerprint density at radius 2 is 1.39 bits per heavy atom. The molecule has 0 unspecified atom stereocenters. The summed E-state index contributed by atoms with van der Waals surface area (Å²) in [6, 6.07) is 16.1.